The minimum atomic E-state index is -3.18. The van der Waals surface area contributed by atoms with Crippen LogP contribution in [0.15, 0.2) is 30.3 Å². The predicted molar refractivity (Wildman–Crippen MR) is 72.5 cm³/mol. The van der Waals surface area contributed by atoms with Crippen molar-refractivity contribution >= 4 is 0 Å². The van der Waals surface area contributed by atoms with Gasteiger partial charge in [0, 0.05) is 0 Å². The van der Waals surface area contributed by atoms with Crippen LogP contribution in [0.2, 0.25) is 47.7 Å². The molecule has 0 aliphatic carbocycles. The zero-order valence-corrected chi connectivity index (χ0v) is 12.5. The SMILES string of the molecule is CC(O)(c1ccccc1)[C]12[CH]3[CH]4[CH]5[CH]1[Fe]45321678[CH]2[CH]1[CH]6[CH]7[CH]28. The molecule has 10 aliphatic heterocycles. The van der Waals surface area contributed by atoms with Gasteiger partial charge in [-0.15, -0.1) is 0 Å². The quantitative estimate of drug-likeness (QED) is 0.788. The van der Waals surface area contributed by atoms with Crippen LogP contribution in [-0.2, 0) is 12.1 Å². The second kappa shape index (κ2) is 0.697. The number of aliphatic hydroxyl groups is 1. The molecule has 11 rings (SSSR count). The predicted octanol–water partition coefficient (Wildman–Crippen LogP) is 4.65. The van der Waals surface area contributed by atoms with Gasteiger partial charge in [-0.1, -0.05) is 0 Å². The van der Waals surface area contributed by atoms with Crippen LogP contribution >= 0.6 is 0 Å². The maximum absolute atomic E-state index is 11.8. The van der Waals surface area contributed by atoms with Gasteiger partial charge in [0.2, 0.25) is 0 Å². The van der Waals surface area contributed by atoms with Gasteiger partial charge >= 0.3 is 108 Å². The van der Waals surface area contributed by atoms with Crippen molar-refractivity contribution in [3.8, 4) is 0 Å². The summed E-state index contributed by atoms with van der Waals surface area (Å²) in [5.41, 5.74) is 0.788. The average Bonchev–Trinajstić information content (AvgIpc) is 3.39. The summed E-state index contributed by atoms with van der Waals surface area (Å²) in [6.45, 7) is -0.941. The van der Waals surface area contributed by atoms with Gasteiger partial charge in [0.25, 0.3) is 0 Å². The van der Waals surface area contributed by atoms with Crippen LogP contribution < -0.4 is 0 Å². The summed E-state index contributed by atoms with van der Waals surface area (Å²) in [5.74, 6) is 0. The first-order valence-corrected chi connectivity index (χ1v) is 14.7. The van der Waals surface area contributed by atoms with Crippen molar-refractivity contribution in [1.29, 1.82) is 0 Å². The molecule has 10 heterocycles. The molecule has 0 aromatic heterocycles. The molecule has 2 heteroatoms. The topological polar surface area (TPSA) is 20.2 Å². The molecule has 20 heavy (non-hydrogen) atoms. The Morgan fingerprint density at radius 1 is 0.900 bits per heavy atom. The van der Waals surface area contributed by atoms with Crippen molar-refractivity contribution in [2.45, 2.75) is 60.2 Å². The molecular weight excluding hydrogens is 288 g/mol. The Balaban J connectivity index is 1.44. The van der Waals surface area contributed by atoms with E-state index in [2.05, 4.69) is 37.3 Å². The Labute approximate surface area is 108 Å². The first-order valence-electron chi connectivity index (χ1n) is 8.39. The van der Waals surface area contributed by atoms with Crippen LogP contribution in [0.25, 0.3) is 0 Å². The second-order valence-electron chi connectivity index (χ2n) is 12.1. The molecule has 0 bridgehead atoms. The number of hydrogen-bond donors (Lipinski definition) is 1. The van der Waals surface area contributed by atoms with Gasteiger partial charge in [-0.25, -0.2) is 0 Å². The fourth-order valence-electron chi connectivity index (χ4n) is 18.5. The van der Waals surface area contributed by atoms with Gasteiger partial charge in [0.1, 0.15) is 0 Å². The zero-order chi connectivity index (χ0) is 12.6. The molecule has 1 aromatic carbocycles. The standard InChI is InChI=1S/C13H13O.C5H5.Fe/c1-13(14,12-9-5-6-10-12)11-7-3-2-4-8-11;1-2-4-5-3-1;/h2-10,14H,1H3;1-5H;. The van der Waals surface area contributed by atoms with Crippen molar-refractivity contribution < 1.29 is 11.6 Å². The molecule has 104 valence electrons. The van der Waals surface area contributed by atoms with E-state index in [9.17, 15) is 5.11 Å². The van der Waals surface area contributed by atoms with Crippen LogP contribution in [0.5, 0.6) is 0 Å². The molecule has 0 saturated carbocycles. The van der Waals surface area contributed by atoms with Gasteiger partial charge in [0.05, 0.1) is 0 Å². The summed E-state index contributed by atoms with van der Waals surface area (Å²) in [6, 6.07) is 10.8. The third-order valence-electron chi connectivity index (χ3n) is 16.8. The third-order valence-corrected chi connectivity index (χ3v) is 59.3. The van der Waals surface area contributed by atoms with E-state index in [-0.39, 0.29) is 0 Å². The van der Waals surface area contributed by atoms with E-state index >= 15 is 0 Å². The minimum absolute atomic E-state index is 0.469. The molecule has 1 nitrogen and oxygen atoms in total. The fraction of sp³-hybridized carbons (Fsp3) is 0.667. The molecule has 1 N–H and O–H groups in total. The van der Waals surface area contributed by atoms with E-state index in [1.165, 1.54) is 39.3 Å². The van der Waals surface area contributed by atoms with Gasteiger partial charge in [-0.05, 0) is 0 Å². The summed E-state index contributed by atoms with van der Waals surface area (Å²) in [7, 11) is 0. The average molecular weight is 306 g/mol. The van der Waals surface area contributed by atoms with Crippen LogP contribution in [0.1, 0.15) is 12.5 Å². The van der Waals surface area contributed by atoms with Crippen LogP contribution in [0, 0.1) is 0 Å². The summed E-state index contributed by atoms with van der Waals surface area (Å²) < 4.78 is 0.549. The Morgan fingerprint density at radius 3 is 1.75 bits per heavy atom. The number of hydrogen-bond acceptors (Lipinski definition) is 1. The molecule has 10 aliphatic rings. The fourth-order valence-corrected chi connectivity index (χ4v) is 94.2. The maximum atomic E-state index is 11.8. The van der Waals surface area contributed by atoms with Gasteiger partial charge in [-0.3, -0.25) is 0 Å². The molecule has 1 spiro atoms. The molecule has 10 fully saturated rings. The number of rotatable bonds is 2. The number of benzene rings is 1. The van der Waals surface area contributed by atoms with Crippen molar-refractivity contribution in [1.82, 2.24) is 0 Å². The van der Waals surface area contributed by atoms with Crippen LogP contribution in [0.4, 0.5) is 0 Å². The monoisotopic (exact) mass is 306 g/mol. The summed E-state index contributed by atoms with van der Waals surface area (Å²) in [5, 5.41) is 11.8. The van der Waals surface area contributed by atoms with Crippen molar-refractivity contribution in [3.63, 3.8) is 0 Å². The van der Waals surface area contributed by atoms with Gasteiger partial charge in [-0.2, -0.15) is 0 Å². The second-order valence-corrected chi connectivity index (χ2v) is 35.7. The third kappa shape index (κ3) is 0.0888. The summed E-state index contributed by atoms with van der Waals surface area (Å²) >= 11 is 0. The van der Waals surface area contributed by atoms with Crippen molar-refractivity contribution in [3.05, 3.63) is 35.9 Å². The van der Waals surface area contributed by atoms with Crippen LogP contribution in [-0.4, -0.2) is 5.11 Å². The summed E-state index contributed by atoms with van der Waals surface area (Å²) in [6.07, 6.45) is 0. The van der Waals surface area contributed by atoms with E-state index < -0.39 is 12.1 Å². The van der Waals surface area contributed by atoms with Gasteiger partial charge < -0.3 is 0 Å². The Hall–Kier alpha value is -0.301. The molecule has 10 saturated heterocycles. The van der Waals surface area contributed by atoms with E-state index in [0.717, 1.165) is 9.63 Å². The number of fused-ring (bicyclic) bond motifs is 10. The molecular formula is C18H18FeO. The van der Waals surface area contributed by atoms with E-state index in [0.29, 0.717) is 4.31 Å². The first kappa shape index (κ1) is 7.81. The van der Waals surface area contributed by atoms with E-state index in [4.69, 9.17) is 0 Å². The molecule has 5 atom stereocenters. The van der Waals surface area contributed by atoms with E-state index in [1.807, 2.05) is 0 Å². The molecule has 1 aromatic rings. The normalized spacial score (nSPS) is 106. The van der Waals surface area contributed by atoms with Crippen molar-refractivity contribution in [2.75, 3.05) is 0 Å². The Bertz CT molecular complexity index is 1120. The van der Waals surface area contributed by atoms with E-state index in [1.54, 1.807) is 0 Å². The Morgan fingerprint density at radius 2 is 1.40 bits per heavy atom. The summed E-state index contributed by atoms with van der Waals surface area (Å²) in [4.78, 5) is 11.5. The zero-order valence-electron chi connectivity index (χ0n) is 11.4. The molecule has 0 radical (unpaired) electrons. The first-order chi connectivity index (χ1) is 9.40. The molecule has 0 amide bonds. The Kier molecular flexibility index (Phi) is 0.272. The van der Waals surface area contributed by atoms with Crippen LogP contribution in [0.3, 0.4) is 0 Å². The molecule has 5 unspecified atom stereocenters. The van der Waals surface area contributed by atoms with Crippen molar-refractivity contribution in [2.24, 2.45) is 0 Å². The van der Waals surface area contributed by atoms with Gasteiger partial charge in [0.15, 0.2) is 0 Å².